The van der Waals surface area contributed by atoms with Crippen LogP contribution in [0.25, 0.3) is 35.1 Å². The molecule has 32 heavy (non-hydrogen) atoms. The highest BCUT2D eigenvalue weighted by molar-refractivity contribution is 5.97. The van der Waals surface area contributed by atoms with Gasteiger partial charge in [0.05, 0.1) is 14.2 Å². The first-order valence-electron chi connectivity index (χ1n) is 10.8. The molecule has 0 aliphatic rings. The SMILES string of the molecule is COc1ccc(C=Cc2ccc3ccccc3c2C=Cc2ccc(OC)cc2C)c(C)c1. The average molecular weight is 421 g/mol. The fourth-order valence-corrected chi connectivity index (χ4v) is 3.92. The van der Waals surface area contributed by atoms with Gasteiger partial charge in [0.2, 0.25) is 0 Å². The average Bonchev–Trinajstić information content (AvgIpc) is 2.82. The Morgan fingerprint density at radius 3 is 1.69 bits per heavy atom. The van der Waals surface area contributed by atoms with Gasteiger partial charge in [0.1, 0.15) is 11.5 Å². The van der Waals surface area contributed by atoms with Gasteiger partial charge in [0.25, 0.3) is 0 Å². The van der Waals surface area contributed by atoms with E-state index in [0.29, 0.717) is 0 Å². The second-order valence-electron chi connectivity index (χ2n) is 7.90. The lowest BCUT2D eigenvalue weighted by Crippen LogP contribution is -1.88. The zero-order chi connectivity index (χ0) is 22.5. The Morgan fingerprint density at radius 2 is 1.09 bits per heavy atom. The van der Waals surface area contributed by atoms with E-state index in [1.807, 2.05) is 12.1 Å². The summed E-state index contributed by atoms with van der Waals surface area (Å²) in [6, 6.07) is 25.2. The first kappa shape index (κ1) is 21.5. The standard InChI is InChI=1S/C30H28O2/c1-21-19-27(31-3)16-13-23(21)9-10-26-12-11-25-7-5-6-8-29(25)30(26)18-15-24-14-17-28(32-4)20-22(24)2/h5-20H,1-4H3. The predicted octanol–water partition coefficient (Wildman–Crippen LogP) is 7.81. The summed E-state index contributed by atoms with van der Waals surface area (Å²) in [5.74, 6) is 1.76. The second kappa shape index (κ2) is 9.57. The smallest absolute Gasteiger partial charge is 0.119 e. The molecule has 0 saturated carbocycles. The molecular weight excluding hydrogens is 392 g/mol. The van der Waals surface area contributed by atoms with Crippen molar-refractivity contribution in [3.05, 3.63) is 106 Å². The molecule has 160 valence electrons. The van der Waals surface area contributed by atoms with E-state index < -0.39 is 0 Å². The Hall–Kier alpha value is -3.78. The van der Waals surface area contributed by atoms with Crippen LogP contribution in [0.2, 0.25) is 0 Å². The summed E-state index contributed by atoms with van der Waals surface area (Å²) < 4.78 is 10.7. The highest BCUT2D eigenvalue weighted by Gasteiger charge is 2.05. The van der Waals surface area contributed by atoms with Crippen molar-refractivity contribution in [1.82, 2.24) is 0 Å². The van der Waals surface area contributed by atoms with Crippen LogP contribution in [0.4, 0.5) is 0 Å². The van der Waals surface area contributed by atoms with E-state index in [1.54, 1.807) is 14.2 Å². The van der Waals surface area contributed by atoms with Crippen molar-refractivity contribution in [1.29, 1.82) is 0 Å². The fourth-order valence-electron chi connectivity index (χ4n) is 3.92. The van der Waals surface area contributed by atoms with E-state index in [9.17, 15) is 0 Å². The third-order valence-corrected chi connectivity index (χ3v) is 5.83. The van der Waals surface area contributed by atoms with Crippen LogP contribution in [0, 0.1) is 13.8 Å². The van der Waals surface area contributed by atoms with Crippen LogP contribution in [0.15, 0.2) is 72.8 Å². The summed E-state index contributed by atoms with van der Waals surface area (Å²) in [6.45, 7) is 4.22. The number of ether oxygens (including phenoxy) is 2. The molecule has 0 aliphatic heterocycles. The molecule has 0 unspecified atom stereocenters. The predicted molar refractivity (Wildman–Crippen MR) is 137 cm³/mol. The zero-order valence-electron chi connectivity index (χ0n) is 19.1. The number of methoxy groups -OCH3 is 2. The van der Waals surface area contributed by atoms with Crippen molar-refractivity contribution in [2.45, 2.75) is 13.8 Å². The Balaban J connectivity index is 1.76. The zero-order valence-corrected chi connectivity index (χ0v) is 19.1. The largest absolute Gasteiger partial charge is 0.497 e. The van der Waals surface area contributed by atoms with Gasteiger partial charge in [-0.05, 0) is 82.3 Å². The Kier molecular flexibility index (Phi) is 6.42. The van der Waals surface area contributed by atoms with Crippen LogP contribution in [-0.4, -0.2) is 14.2 Å². The number of aryl methyl sites for hydroxylation is 2. The molecule has 2 heteroatoms. The van der Waals surface area contributed by atoms with Crippen molar-refractivity contribution in [2.24, 2.45) is 0 Å². The van der Waals surface area contributed by atoms with Crippen molar-refractivity contribution in [3.8, 4) is 11.5 Å². The molecule has 2 nitrogen and oxygen atoms in total. The molecule has 0 radical (unpaired) electrons. The van der Waals surface area contributed by atoms with Crippen LogP contribution in [0.5, 0.6) is 11.5 Å². The van der Waals surface area contributed by atoms with Gasteiger partial charge in [-0.25, -0.2) is 0 Å². The van der Waals surface area contributed by atoms with Crippen LogP contribution in [0.1, 0.15) is 33.4 Å². The summed E-state index contributed by atoms with van der Waals surface area (Å²) in [7, 11) is 3.39. The van der Waals surface area contributed by atoms with E-state index in [-0.39, 0.29) is 0 Å². The highest BCUT2D eigenvalue weighted by atomic mass is 16.5. The molecule has 4 aromatic rings. The molecule has 0 saturated heterocycles. The van der Waals surface area contributed by atoms with Crippen LogP contribution in [0.3, 0.4) is 0 Å². The van der Waals surface area contributed by atoms with Gasteiger partial charge in [0.15, 0.2) is 0 Å². The summed E-state index contributed by atoms with van der Waals surface area (Å²) >= 11 is 0. The number of benzene rings is 4. The van der Waals surface area contributed by atoms with Crippen molar-refractivity contribution < 1.29 is 9.47 Å². The summed E-state index contributed by atoms with van der Waals surface area (Å²) in [4.78, 5) is 0. The lowest BCUT2D eigenvalue weighted by atomic mass is 9.96. The van der Waals surface area contributed by atoms with Crippen molar-refractivity contribution >= 4 is 35.1 Å². The van der Waals surface area contributed by atoms with Gasteiger partial charge >= 0.3 is 0 Å². The Labute approximate surface area is 190 Å². The fraction of sp³-hybridized carbons (Fsp3) is 0.133. The summed E-state index contributed by atoms with van der Waals surface area (Å²) in [6.07, 6.45) is 8.78. The summed E-state index contributed by atoms with van der Waals surface area (Å²) in [5.41, 5.74) is 7.13. The molecule has 0 atom stereocenters. The number of hydrogen-bond acceptors (Lipinski definition) is 2. The summed E-state index contributed by atoms with van der Waals surface area (Å²) in [5, 5.41) is 2.47. The topological polar surface area (TPSA) is 18.5 Å². The van der Waals surface area contributed by atoms with E-state index in [4.69, 9.17) is 9.47 Å². The molecule has 0 heterocycles. The number of rotatable bonds is 6. The van der Waals surface area contributed by atoms with Gasteiger partial charge < -0.3 is 9.47 Å². The molecule has 0 bridgehead atoms. The maximum atomic E-state index is 5.35. The third-order valence-electron chi connectivity index (χ3n) is 5.83. The lowest BCUT2D eigenvalue weighted by molar-refractivity contribution is 0.414. The van der Waals surface area contributed by atoms with E-state index in [1.165, 1.54) is 44.2 Å². The van der Waals surface area contributed by atoms with E-state index in [2.05, 4.69) is 98.8 Å². The van der Waals surface area contributed by atoms with Gasteiger partial charge in [-0.15, -0.1) is 0 Å². The molecule has 0 aliphatic carbocycles. The number of fused-ring (bicyclic) bond motifs is 1. The van der Waals surface area contributed by atoms with E-state index >= 15 is 0 Å². The Bertz CT molecular complexity index is 1310. The number of hydrogen-bond donors (Lipinski definition) is 0. The maximum Gasteiger partial charge on any atom is 0.119 e. The Morgan fingerprint density at radius 1 is 0.562 bits per heavy atom. The molecule has 0 N–H and O–H groups in total. The molecule has 0 fully saturated rings. The van der Waals surface area contributed by atoms with Crippen molar-refractivity contribution in [2.75, 3.05) is 14.2 Å². The molecular formula is C30H28O2. The minimum absolute atomic E-state index is 0.878. The van der Waals surface area contributed by atoms with Gasteiger partial charge in [0, 0.05) is 0 Å². The second-order valence-corrected chi connectivity index (χ2v) is 7.90. The minimum Gasteiger partial charge on any atom is -0.497 e. The van der Waals surface area contributed by atoms with Gasteiger partial charge in [-0.2, -0.15) is 0 Å². The van der Waals surface area contributed by atoms with E-state index in [0.717, 1.165) is 11.5 Å². The first-order chi connectivity index (χ1) is 15.6. The molecule has 0 amide bonds. The van der Waals surface area contributed by atoms with Gasteiger partial charge in [-0.1, -0.05) is 72.8 Å². The highest BCUT2D eigenvalue weighted by Crippen LogP contribution is 2.28. The quantitative estimate of drug-likeness (QED) is 0.296. The first-order valence-corrected chi connectivity index (χ1v) is 10.8. The molecule has 0 aromatic heterocycles. The lowest BCUT2D eigenvalue weighted by Gasteiger charge is -2.09. The van der Waals surface area contributed by atoms with Crippen LogP contribution < -0.4 is 9.47 Å². The molecule has 4 aromatic carbocycles. The van der Waals surface area contributed by atoms with Crippen LogP contribution in [-0.2, 0) is 0 Å². The van der Waals surface area contributed by atoms with Crippen LogP contribution >= 0.6 is 0 Å². The normalized spacial score (nSPS) is 11.5. The molecule has 4 rings (SSSR count). The third kappa shape index (κ3) is 4.60. The van der Waals surface area contributed by atoms with Gasteiger partial charge in [-0.3, -0.25) is 0 Å². The maximum absolute atomic E-state index is 5.35. The van der Waals surface area contributed by atoms with Crippen molar-refractivity contribution in [3.63, 3.8) is 0 Å². The minimum atomic E-state index is 0.878. The molecule has 0 spiro atoms. The monoisotopic (exact) mass is 420 g/mol.